The van der Waals surface area contributed by atoms with Gasteiger partial charge >= 0.3 is 0 Å². The zero-order valence-corrected chi connectivity index (χ0v) is 16.8. The van der Waals surface area contributed by atoms with E-state index in [1.54, 1.807) is 36.2 Å². The van der Waals surface area contributed by atoms with Crippen molar-refractivity contribution in [1.82, 2.24) is 10.2 Å². The molecule has 0 aliphatic rings. The average molecular weight is 405 g/mol. The third-order valence-corrected chi connectivity index (χ3v) is 4.79. The Morgan fingerprint density at radius 3 is 2.30 bits per heavy atom. The Balaban J connectivity index is 1.65. The minimum atomic E-state index is -0.303. The van der Waals surface area contributed by atoms with Crippen molar-refractivity contribution >= 4 is 11.8 Å². The van der Waals surface area contributed by atoms with Crippen molar-refractivity contribution in [2.45, 2.75) is 13.1 Å². The highest BCUT2D eigenvalue weighted by atomic mass is 19.1. The molecule has 5 nitrogen and oxygen atoms in total. The summed E-state index contributed by atoms with van der Waals surface area (Å²) in [4.78, 5) is 25.6. The van der Waals surface area contributed by atoms with Gasteiger partial charge in [0.25, 0.3) is 5.91 Å². The lowest BCUT2D eigenvalue weighted by Gasteiger charge is -2.16. The summed E-state index contributed by atoms with van der Waals surface area (Å²) in [6.07, 6.45) is 0. The van der Waals surface area contributed by atoms with E-state index in [-0.39, 0.29) is 24.2 Å². The SMILES string of the molecule is CN(Cc1cccc(-c2ccc(C(=O)NCc3ccc(F)cc3)cc2)c1)C(=O)CN. The summed E-state index contributed by atoms with van der Waals surface area (Å²) >= 11 is 0. The Hall–Kier alpha value is -3.51. The first kappa shape index (κ1) is 21.2. The van der Waals surface area contributed by atoms with E-state index in [1.807, 2.05) is 36.4 Å². The van der Waals surface area contributed by atoms with E-state index in [0.29, 0.717) is 18.7 Å². The van der Waals surface area contributed by atoms with Crippen LogP contribution >= 0.6 is 0 Å². The molecule has 0 saturated heterocycles. The predicted molar refractivity (Wildman–Crippen MR) is 115 cm³/mol. The molecular formula is C24H24FN3O2. The molecule has 0 aliphatic heterocycles. The van der Waals surface area contributed by atoms with Crippen molar-refractivity contribution < 1.29 is 14.0 Å². The number of carbonyl (C=O) groups is 2. The van der Waals surface area contributed by atoms with Crippen molar-refractivity contribution in [2.75, 3.05) is 13.6 Å². The fourth-order valence-electron chi connectivity index (χ4n) is 3.07. The molecule has 0 aromatic heterocycles. The molecule has 0 saturated carbocycles. The van der Waals surface area contributed by atoms with Gasteiger partial charge in [-0.3, -0.25) is 9.59 Å². The number of nitrogens with one attached hydrogen (secondary N) is 1. The second kappa shape index (κ2) is 9.80. The molecule has 0 radical (unpaired) electrons. The van der Waals surface area contributed by atoms with Crippen LogP contribution in [0.4, 0.5) is 4.39 Å². The highest BCUT2D eigenvalue weighted by Crippen LogP contribution is 2.22. The summed E-state index contributed by atoms with van der Waals surface area (Å²) < 4.78 is 13.0. The van der Waals surface area contributed by atoms with E-state index in [4.69, 9.17) is 5.73 Å². The molecule has 3 rings (SSSR count). The number of nitrogens with zero attached hydrogens (tertiary/aromatic N) is 1. The molecule has 3 N–H and O–H groups in total. The van der Waals surface area contributed by atoms with E-state index in [0.717, 1.165) is 22.3 Å². The van der Waals surface area contributed by atoms with Crippen molar-refractivity contribution in [3.63, 3.8) is 0 Å². The maximum absolute atomic E-state index is 13.0. The van der Waals surface area contributed by atoms with Gasteiger partial charge in [-0.1, -0.05) is 42.5 Å². The van der Waals surface area contributed by atoms with E-state index >= 15 is 0 Å². The van der Waals surface area contributed by atoms with E-state index < -0.39 is 0 Å². The summed E-state index contributed by atoms with van der Waals surface area (Å²) in [6, 6.07) is 21.2. The van der Waals surface area contributed by atoms with Gasteiger partial charge in [0, 0.05) is 25.7 Å². The van der Waals surface area contributed by atoms with E-state index in [9.17, 15) is 14.0 Å². The Morgan fingerprint density at radius 2 is 1.63 bits per heavy atom. The predicted octanol–water partition coefficient (Wildman–Crippen LogP) is 3.34. The van der Waals surface area contributed by atoms with Crippen LogP contribution in [0.3, 0.4) is 0 Å². The molecular weight excluding hydrogens is 381 g/mol. The lowest BCUT2D eigenvalue weighted by atomic mass is 10.0. The number of hydrogen-bond donors (Lipinski definition) is 2. The Kier molecular flexibility index (Phi) is 6.93. The van der Waals surface area contributed by atoms with Gasteiger partial charge in [0.15, 0.2) is 0 Å². The molecule has 0 spiro atoms. The van der Waals surface area contributed by atoms with Crippen LogP contribution in [0, 0.1) is 5.82 Å². The molecule has 3 aromatic rings. The minimum absolute atomic E-state index is 0.0130. The summed E-state index contributed by atoms with van der Waals surface area (Å²) in [5.74, 6) is -0.611. The van der Waals surface area contributed by atoms with Gasteiger partial charge in [0.1, 0.15) is 5.82 Å². The average Bonchev–Trinajstić information content (AvgIpc) is 2.78. The molecule has 0 aliphatic carbocycles. The van der Waals surface area contributed by atoms with Crippen molar-refractivity contribution in [2.24, 2.45) is 5.73 Å². The Bertz CT molecular complexity index is 1020. The number of nitrogens with two attached hydrogens (primary N) is 1. The van der Waals surface area contributed by atoms with Gasteiger partial charge in [0.05, 0.1) is 6.54 Å². The first-order valence-corrected chi connectivity index (χ1v) is 9.62. The van der Waals surface area contributed by atoms with E-state index in [2.05, 4.69) is 5.32 Å². The third-order valence-electron chi connectivity index (χ3n) is 4.79. The van der Waals surface area contributed by atoms with Crippen LogP contribution < -0.4 is 11.1 Å². The van der Waals surface area contributed by atoms with Crippen molar-refractivity contribution in [3.8, 4) is 11.1 Å². The zero-order valence-electron chi connectivity index (χ0n) is 16.8. The lowest BCUT2D eigenvalue weighted by molar-refractivity contribution is -0.128. The van der Waals surface area contributed by atoms with Gasteiger partial charge < -0.3 is 16.0 Å². The molecule has 2 amide bonds. The van der Waals surface area contributed by atoms with Gasteiger partial charge in [0.2, 0.25) is 5.91 Å². The number of carbonyl (C=O) groups excluding carboxylic acids is 2. The number of halogens is 1. The fraction of sp³-hybridized carbons (Fsp3) is 0.167. The normalized spacial score (nSPS) is 10.5. The smallest absolute Gasteiger partial charge is 0.251 e. The summed E-state index contributed by atoms with van der Waals surface area (Å²) in [5, 5.41) is 2.83. The minimum Gasteiger partial charge on any atom is -0.348 e. The number of hydrogen-bond acceptors (Lipinski definition) is 3. The third kappa shape index (κ3) is 5.52. The summed E-state index contributed by atoms with van der Waals surface area (Å²) in [6.45, 7) is 0.798. The highest BCUT2D eigenvalue weighted by molar-refractivity contribution is 5.94. The molecule has 0 unspecified atom stereocenters. The zero-order chi connectivity index (χ0) is 21.5. The van der Waals surface area contributed by atoms with E-state index in [1.165, 1.54) is 12.1 Å². The molecule has 0 atom stereocenters. The fourth-order valence-corrected chi connectivity index (χ4v) is 3.07. The quantitative estimate of drug-likeness (QED) is 0.633. The molecule has 3 aromatic carbocycles. The van der Waals surface area contributed by atoms with Crippen LogP contribution in [0.5, 0.6) is 0 Å². The largest absolute Gasteiger partial charge is 0.348 e. The number of benzene rings is 3. The Morgan fingerprint density at radius 1 is 0.933 bits per heavy atom. The van der Waals surface area contributed by atoms with Gasteiger partial charge in [-0.2, -0.15) is 0 Å². The standard InChI is InChI=1S/C24H24FN3O2/c1-28(23(29)14-26)16-18-3-2-4-21(13-18)19-7-9-20(10-8-19)24(30)27-15-17-5-11-22(25)12-6-17/h2-13H,14-16,26H2,1H3,(H,27,30). The van der Waals surface area contributed by atoms with Gasteiger partial charge in [-0.25, -0.2) is 4.39 Å². The van der Waals surface area contributed by atoms with Crippen LogP contribution in [0.25, 0.3) is 11.1 Å². The molecule has 6 heteroatoms. The molecule has 0 bridgehead atoms. The number of rotatable bonds is 7. The van der Waals surface area contributed by atoms with Crippen LogP contribution in [-0.2, 0) is 17.9 Å². The number of likely N-dealkylation sites (N-methyl/N-ethyl adjacent to an activating group) is 1. The maximum Gasteiger partial charge on any atom is 0.251 e. The first-order valence-electron chi connectivity index (χ1n) is 9.62. The molecule has 0 fully saturated rings. The van der Waals surface area contributed by atoms with Gasteiger partial charge in [-0.15, -0.1) is 0 Å². The highest BCUT2D eigenvalue weighted by Gasteiger charge is 2.09. The second-order valence-electron chi connectivity index (χ2n) is 7.04. The van der Waals surface area contributed by atoms with Crippen LogP contribution in [0.2, 0.25) is 0 Å². The summed E-state index contributed by atoms with van der Waals surface area (Å²) in [7, 11) is 1.72. The Labute approximate surface area is 175 Å². The maximum atomic E-state index is 13.0. The van der Waals surface area contributed by atoms with Crippen LogP contribution in [0.15, 0.2) is 72.8 Å². The van der Waals surface area contributed by atoms with Gasteiger partial charge in [-0.05, 0) is 52.6 Å². The molecule has 30 heavy (non-hydrogen) atoms. The monoisotopic (exact) mass is 405 g/mol. The summed E-state index contributed by atoms with van der Waals surface area (Å²) in [5.41, 5.74) is 9.75. The first-order chi connectivity index (χ1) is 14.5. The molecule has 154 valence electrons. The van der Waals surface area contributed by atoms with Crippen molar-refractivity contribution in [3.05, 3.63) is 95.3 Å². The topological polar surface area (TPSA) is 75.4 Å². The van der Waals surface area contributed by atoms with Crippen LogP contribution in [-0.4, -0.2) is 30.3 Å². The van der Waals surface area contributed by atoms with Crippen molar-refractivity contribution in [1.29, 1.82) is 0 Å². The second-order valence-corrected chi connectivity index (χ2v) is 7.04. The molecule has 0 heterocycles. The lowest BCUT2D eigenvalue weighted by Crippen LogP contribution is -2.32. The number of amides is 2. The van der Waals surface area contributed by atoms with Crippen LogP contribution in [0.1, 0.15) is 21.5 Å².